The Morgan fingerprint density at radius 3 is 0.689 bits per heavy atom. The molecule has 36 nitrogen and oxygen atoms in total. The molecule has 0 aliphatic heterocycles. The average Bonchev–Trinajstić information content (AvgIpc) is 0.679. The molecule has 24 fully saturated rings. The molecule has 750 valence electrons. The van der Waals surface area contributed by atoms with Gasteiger partial charge in [0, 0.05) is 160 Å². The summed E-state index contributed by atoms with van der Waals surface area (Å²) in [5.41, 5.74) is -17.6. The smallest absolute Gasteiger partial charge is 0.344 e. The highest BCUT2D eigenvalue weighted by Crippen LogP contribution is 2.70. The van der Waals surface area contributed by atoms with Gasteiger partial charge < -0.3 is 118 Å². The summed E-state index contributed by atoms with van der Waals surface area (Å²) in [5.74, 6) is -7.42. The maximum atomic E-state index is 12.1. The number of ether oxygens (including phenoxy) is 12. The monoisotopic (exact) mass is 1900 g/mol. The first kappa shape index (κ1) is 104. The molecule has 24 bridgehead atoms. The topological polar surface area (TPSA) is 558 Å². The van der Waals surface area contributed by atoms with E-state index >= 15 is 0 Å². The van der Waals surface area contributed by atoms with Gasteiger partial charge in [0.05, 0.1) is 67.2 Å². The third kappa shape index (κ3) is 20.8. The number of hydrogen-bond acceptors (Lipinski definition) is 36. The zero-order chi connectivity index (χ0) is 99.7. The Labute approximate surface area is 784 Å². The van der Waals surface area contributed by atoms with Crippen molar-refractivity contribution in [3.8, 4) is 0 Å². The van der Waals surface area contributed by atoms with Crippen molar-refractivity contribution in [3.63, 3.8) is 0 Å². The zero-order valence-electron chi connectivity index (χ0n) is 79.0. The van der Waals surface area contributed by atoms with Gasteiger partial charge in [0.15, 0.2) is 39.6 Å². The standard InChI is InChI=1S/C17H24O7.C17H24O6.C17H24O5.C16H22O7.C16H22O6.C16H22O5/c1-10(2)13(19)23-4-12(18)24-17-8-14(20)5-15(21,9-17)7-16(22,6-14)11(17)3;1-10(2)14(19)22-7-13(18)23-17-6-12-4-15(20,9-17)8-16(21,5-12)11(17)3;1-10(2)15(19)21-9-14(18)22-17-7-12-4-13(8-17)6-16(20,5-12)11(17)3;1-3-11(17)22-4-12(18)23-16-8-13(19)5-14(20,9-16)7-15(21,6-13)10(16)2;1-3-12(17)21-7-13(18)22-16-6-11-4-14(19,9-16)8-15(20,5-11)10(16)2;1-3-13(17)20-9-14(18)21-16-7-11-4-12(8-16)6-15(19,5-11)10(16)2/h11,20-22H,1,4-9H2,2-3H3;11-12,20-21H,1,4-9H2,2-3H3;11-13,20H,1,4-9H2,2-3H3;3,10,19-21H,1,4-9H2,2H3;3,10-11,19-20H,1,4-9H2,2H3;3,10-12,19H,1,4-9H2,2H3. The van der Waals surface area contributed by atoms with Crippen LogP contribution in [0.1, 0.15) is 255 Å². The van der Waals surface area contributed by atoms with E-state index in [0.717, 1.165) is 82.4 Å². The minimum atomic E-state index is -1.28. The van der Waals surface area contributed by atoms with Crippen LogP contribution < -0.4 is 0 Å². The van der Waals surface area contributed by atoms with Crippen LogP contribution in [0, 0.1) is 71.0 Å². The van der Waals surface area contributed by atoms with Crippen molar-refractivity contribution in [3.05, 3.63) is 74.4 Å². The van der Waals surface area contributed by atoms with E-state index < -0.39 is 224 Å². The Bertz CT molecular complexity index is 4720. The van der Waals surface area contributed by atoms with Crippen LogP contribution in [-0.4, -0.2) is 273 Å². The van der Waals surface area contributed by atoms with E-state index in [1.807, 2.05) is 27.7 Å². The van der Waals surface area contributed by atoms with Gasteiger partial charge in [0.25, 0.3) is 0 Å². The highest BCUT2D eigenvalue weighted by atomic mass is 16.6. The molecule has 0 aromatic heterocycles. The van der Waals surface area contributed by atoms with Crippen LogP contribution in [0.25, 0.3) is 0 Å². The van der Waals surface area contributed by atoms with E-state index in [9.17, 15) is 119 Å². The van der Waals surface area contributed by atoms with Crippen LogP contribution in [0.4, 0.5) is 0 Å². The van der Waals surface area contributed by atoms with E-state index in [1.54, 1.807) is 13.8 Å². The van der Waals surface area contributed by atoms with Crippen molar-refractivity contribution in [2.45, 2.75) is 356 Å². The molecule has 0 radical (unpaired) electrons. The van der Waals surface area contributed by atoms with Crippen molar-refractivity contribution >= 4 is 71.6 Å². The largest absolute Gasteiger partial charge is 0.456 e. The summed E-state index contributed by atoms with van der Waals surface area (Å²) in [6.07, 6.45) is 18.5. The lowest BCUT2D eigenvalue weighted by Crippen LogP contribution is -2.76. The molecule has 24 aliphatic carbocycles. The molecule has 135 heavy (non-hydrogen) atoms. The fourth-order valence-corrected chi connectivity index (χ4v) is 30.1. The third-order valence-electron chi connectivity index (χ3n) is 34.2. The Balaban J connectivity index is 0.000000137. The van der Waals surface area contributed by atoms with Crippen molar-refractivity contribution < 1.29 is 176 Å². The molecule has 24 rings (SSSR count). The van der Waals surface area contributed by atoms with Crippen molar-refractivity contribution in [2.24, 2.45) is 71.0 Å². The number of esters is 12. The van der Waals surface area contributed by atoms with Crippen LogP contribution >= 0.6 is 0 Å². The lowest BCUT2D eigenvalue weighted by Gasteiger charge is -2.67. The van der Waals surface area contributed by atoms with E-state index in [0.29, 0.717) is 87.9 Å². The van der Waals surface area contributed by atoms with Gasteiger partial charge in [-0.25, -0.2) is 57.5 Å². The van der Waals surface area contributed by atoms with Crippen molar-refractivity contribution in [1.82, 2.24) is 0 Å². The molecule has 22 unspecified atom stereocenters. The van der Waals surface area contributed by atoms with Crippen molar-refractivity contribution in [2.75, 3.05) is 39.6 Å². The molecule has 24 saturated carbocycles. The predicted molar refractivity (Wildman–Crippen MR) is 468 cm³/mol. The summed E-state index contributed by atoms with van der Waals surface area (Å²) < 4.78 is 62.4. The Morgan fingerprint density at radius 2 is 0.444 bits per heavy atom. The lowest BCUT2D eigenvalue weighted by molar-refractivity contribution is -0.327. The minimum absolute atomic E-state index is 0.0724. The molecule has 12 N–H and O–H groups in total. The Morgan fingerprint density at radius 1 is 0.244 bits per heavy atom. The maximum Gasteiger partial charge on any atom is 0.344 e. The number of carbonyl (C=O) groups excluding carboxylic acids is 12. The van der Waals surface area contributed by atoms with E-state index in [2.05, 4.69) is 44.2 Å². The van der Waals surface area contributed by atoms with Gasteiger partial charge >= 0.3 is 71.6 Å². The normalized spacial score (nSPS) is 44.7. The zero-order valence-corrected chi connectivity index (χ0v) is 79.0. The van der Waals surface area contributed by atoms with Crippen LogP contribution in [0.15, 0.2) is 74.4 Å². The first-order chi connectivity index (χ1) is 62.3. The van der Waals surface area contributed by atoms with Crippen LogP contribution in [0.2, 0.25) is 0 Å². The lowest BCUT2D eigenvalue weighted by atomic mass is 9.45. The highest BCUT2D eigenvalue weighted by Gasteiger charge is 2.77. The van der Waals surface area contributed by atoms with Gasteiger partial charge in [-0.05, 0) is 159 Å². The molecule has 0 aromatic carbocycles. The van der Waals surface area contributed by atoms with E-state index in [1.165, 1.54) is 20.8 Å². The van der Waals surface area contributed by atoms with Gasteiger partial charge in [-0.2, -0.15) is 0 Å². The minimum Gasteiger partial charge on any atom is -0.456 e. The van der Waals surface area contributed by atoms with Gasteiger partial charge in [0.2, 0.25) is 0 Å². The number of carbonyl (C=O) groups is 12. The summed E-state index contributed by atoms with van der Waals surface area (Å²) in [6.45, 7) is 32.9. The average molecular weight is 1900 g/mol. The summed E-state index contributed by atoms with van der Waals surface area (Å²) in [7, 11) is 0. The first-order valence-corrected chi connectivity index (χ1v) is 47.2. The molecular weight excluding hydrogens is 1770 g/mol. The number of hydrogen-bond donors (Lipinski definition) is 12. The Kier molecular flexibility index (Phi) is 28.0. The van der Waals surface area contributed by atoms with E-state index in [4.69, 9.17) is 52.1 Å². The molecule has 0 saturated heterocycles. The van der Waals surface area contributed by atoms with Crippen molar-refractivity contribution in [1.29, 1.82) is 0 Å². The fraction of sp³-hybridized carbons (Fsp3) is 0.758. The molecule has 0 heterocycles. The Hall–Kier alpha value is -8.40. The SMILES string of the molecule is C=C(C)C(=O)OCC(=O)OC12CC3(O)CC(O)(CC(O)(C3)C1C)C2.C=C(C)C(=O)OCC(=O)OC12CC3CC(CC(O)(C3)C1C)C2.C=C(C)C(=O)OCC(=O)OC12CC3CC(O)(CC(O)(C3)C1C)C2.C=CC(=O)OCC(=O)OC12CC3(O)CC(O)(CC(O)(C3)C1C)C2.C=CC(=O)OCC(=O)OC12CC3CC(CC(O)(C3)C1C)C2.C=CC(=O)OCC(=O)OC12CC3CC(O)(CC(O)(C3)C1C)C2. The van der Waals surface area contributed by atoms with E-state index in [-0.39, 0.29) is 116 Å². The number of aliphatic hydroxyl groups is 12. The van der Waals surface area contributed by atoms with Crippen LogP contribution in [-0.2, 0) is 114 Å². The van der Waals surface area contributed by atoms with Crippen LogP contribution in [0.3, 0.4) is 0 Å². The highest BCUT2D eigenvalue weighted by molar-refractivity contribution is 5.90. The summed E-state index contributed by atoms with van der Waals surface area (Å²) >= 11 is 0. The summed E-state index contributed by atoms with van der Waals surface area (Å²) in [5, 5.41) is 129. The predicted octanol–water partition coefficient (Wildman–Crippen LogP) is 5.39. The number of rotatable bonds is 24. The van der Waals surface area contributed by atoms with Gasteiger partial charge in [-0.3, -0.25) is 0 Å². The quantitative estimate of drug-likeness (QED) is 0.0327. The van der Waals surface area contributed by atoms with Crippen LogP contribution in [0.5, 0.6) is 0 Å². The molecule has 22 atom stereocenters. The molecular formula is C99H138O36. The molecule has 0 aromatic rings. The second-order valence-corrected chi connectivity index (χ2v) is 45.0. The summed E-state index contributed by atoms with van der Waals surface area (Å²) in [4.78, 5) is 140. The second kappa shape index (κ2) is 36.4. The maximum absolute atomic E-state index is 12.1. The second-order valence-electron chi connectivity index (χ2n) is 45.0. The first-order valence-electron chi connectivity index (χ1n) is 47.2. The summed E-state index contributed by atoms with van der Waals surface area (Å²) in [6, 6.07) is 0. The fourth-order valence-electron chi connectivity index (χ4n) is 30.1. The molecule has 0 spiro atoms. The molecule has 0 amide bonds. The molecule has 36 heteroatoms. The third-order valence-corrected chi connectivity index (χ3v) is 34.2. The van der Waals surface area contributed by atoms with Gasteiger partial charge in [-0.1, -0.05) is 81.0 Å². The van der Waals surface area contributed by atoms with Gasteiger partial charge in [-0.15, -0.1) is 0 Å². The molecule has 24 aliphatic rings. The van der Waals surface area contributed by atoms with Gasteiger partial charge in [0.1, 0.15) is 33.6 Å².